The van der Waals surface area contributed by atoms with Crippen LogP contribution >= 0.6 is 23.7 Å². The second kappa shape index (κ2) is 7.67. The number of carbonyl (C=O) groups excluding carboxylic acids is 2. The number of piperidine rings is 1. The number of ketones is 1. The van der Waals surface area contributed by atoms with Crippen LogP contribution in [0.2, 0.25) is 0 Å². The first-order valence-electron chi connectivity index (χ1n) is 7.17. The van der Waals surface area contributed by atoms with Crippen molar-refractivity contribution in [2.45, 2.75) is 25.8 Å². The molecule has 1 fully saturated rings. The predicted molar refractivity (Wildman–Crippen MR) is 90.7 cm³/mol. The quantitative estimate of drug-likeness (QED) is 0.820. The molecule has 1 atom stereocenters. The van der Waals surface area contributed by atoms with Crippen LogP contribution in [0.1, 0.15) is 46.0 Å². The highest BCUT2D eigenvalue weighted by molar-refractivity contribution is 7.17. The van der Waals surface area contributed by atoms with E-state index in [2.05, 4.69) is 20.7 Å². The molecule has 9 heteroatoms. The number of nitrogens with zero attached hydrogens (tertiary/aromatic N) is 3. The Bertz CT molecular complexity index is 693. The summed E-state index contributed by atoms with van der Waals surface area (Å²) in [7, 11) is 0. The van der Waals surface area contributed by atoms with Crippen LogP contribution in [0.15, 0.2) is 18.5 Å². The monoisotopic (exact) mass is 355 g/mol. The topological polar surface area (TPSA) is 88.9 Å². The van der Waals surface area contributed by atoms with Crippen LogP contribution in [0.4, 0.5) is 5.13 Å². The fourth-order valence-corrected chi connectivity index (χ4v) is 3.08. The van der Waals surface area contributed by atoms with E-state index in [9.17, 15) is 9.59 Å². The number of Topliss-reactive ketones (excluding diaryl/α,β-unsaturated/α-hetero) is 1. The van der Waals surface area contributed by atoms with Crippen LogP contribution in [0, 0.1) is 0 Å². The number of anilines is 1. The molecule has 7 nitrogen and oxygen atoms in total. The Morgan fingerprint density at radius 3 is 2.96 bits per heavy atom. The summed E-state index contributed by atoms with van der Waals surface area (Å²) in [5.41, 5.74) is 0.352. The van der Waals surface area contributed by atoms with Crippen LogP contribution < -0.4 is 10.6 Å². The van der Waals surface area contributed by atoms with E-state index in [1.807, 2.05) is 10.9 Å². The van der Waals surface area contributed by atoms with E-state index in [4.69, 9.17) is 0 Å². The molecule has 1 amide bonds. The van der Waals surface area contributed by atoms with Crippen molar-refractivity contribution < 1.29 is 9.59 Å². The van der Waals surface area contributed by atoms with E-state index in [1.165, 1.54) is 13.1 Å². The lowest BCUT2D eigenvalue weighted by molar-refractivity contribution is 0.101. The molecule has 0 bridgehead atoms. The van der Waals surface area contributed by atoms with Gasteiger partial charge in [-0.3, -0.25) is 19.6 Å². The van der Waals surface area contributed by atoms with Crippen LogP contribution in [-0.2, 0) is 0 Å². The average molecular weight is 356 g/mol. The first-order chi connectivity index (χ1) is 10.6. The van der Waals surface area contributed by atoms with E-state index in [0.29, 0.717) is 21.7 Å². The summed E-state index contributed by atoms with van der Waals surface area (Å²) >= 11 is 1.16. The standard InChI is InChI=1S/C14H17N5O2S.ClH/c1-9(20)12-8-16-14(22-12)17-13(21)11-4-6-19(18-11)10-3-2-5-15-7-10;/h4,6,8,10,15H,2-3,5,7H2,1H3,(H,16,17,21);1H. The molecule has 124 valence electrons. The number of hydrogen-bond acceptors (Lipinski definition) is 6. The van der Waals surface area contributed by atoms with Gasteiger partial charge >= 0.3 is 0 Å². The third-order valence-corrected chi connectivity index (χ3v) is 4.57. The van der Waals surface area contributed by atoms with Gasteiger partial charge in [0, 0.05) is 19.7 Å². The molecule has 2 N–H and O–H groups in total. The van der Waals surface area contributed by atoms with Gasteiger partial charge in [-0.1, -0.05) is 11.3 Å². The largest absolute Gasteiger partial charge is 0.315 e. The van der Waals surface area contributed by atoms with E-state index in [1.54, 1.807) is 6.07 Å². The van der Waals surface area contributed by atoms with E-state index in [0.717, 1.165) is 37.3 Å². The molecule has 2 aromatic rings. The molecule has 0 aromatic carbocycles. The lowest BCUT2D eigenvalue weighted by Gasteiger charge is -2.22. The Balaban J connectivity index is 0.00000192. The van der Waals surface area contributed by atoms with Crippen molar-refractivity contribution in [2.24, 2.45) is 0 Å². The molecule has 3 rings (SSSR count). The number of amides is 1. The average Bonchev–Trinajstić information content (AvgIpc) is 3.17. The smallest absolute Gasteiger partial charge is 0.277 e. The molecule has 1 aliphatic rings. The number of rotatable bonds is 4. The first-order valence-corrected chi connectivity index (χ1v) is 7.99. The molecule has 3 heterocycles. The maximum absolute atomic E-state index is 12.2. The summed E-state index contributed by atoms with van der Waals surface area (Å²) in [6, 6.07) is 1.99. The lowest BCUT2D eigenvalue weighted by atomic mass is 10.1. The zero-order chi connectivity index (χ0) is 15.5. The Hall–Kier alpha value is -1.77. The second-order valence-corrected chi connectivity index (χ2v) is 6.25. The summed E-state index contributed by atoms with van der Waals surface area (Å²) in [5, 5.41) is 10.8. The van der Waals surface area contributed by atoms with Crippen LogP contribution in [0.25, 0.3) is 0 Å². The molecule has 1 unspecified atom stereocenters. The summed E-state index contributed by atoms with van der Waals surface area (Å²) < 4.78 is 1.84. The summed E-state index contributed by atoms with van der Waals surface area (Å²) in [6.07, 6.45) is 5.47. The van der Waals surface area contributed by atoms with Crippen molar-refractivity contribution >= 4 is 40.6 Å². The number of halogens is 1. The molecule has 0 radical (unpaired) electrons. The van der Waals surface area contributed by atoms with Crippen LogP contribution in [-0.4, -0.2) is 39.5 Å². The van der Waals surface area contributed by atoms with E-state index >= 15 is 0 Å². The normalized spacial score (nSPS) is 17.3. The van der Waals surface area contributed by atoms with Crippen molar-refractivity contribution in [1.29, 1.82) is 0 Å². The number of carbonyl (C=O) groups is 2. The van der Waals surface area contributed by atoms with Crippen molar-refractivity contribution in [2.75, 3.05) is 18.4 Å². The molecule has 0 aliphatic carbocycles. The minimum Gasteiger partial charge on any atom is -0.315 e. The Labute approximate surface area is 143 Å². The zero-order valence-corrected chi connectivity index (χ0v) is 14.2. The van der Waals surface area contributed by atoms with Crippen molar-refractivity contribution in [1.82, 2.24) is 20.1 Å². The Morgan fingerprint density at radius 2 is 2.30 bits per heavy atom. The molecular formula is C14H18ClN5O2S. The number of thiazole rings is 1. The van der Waals surface area contributed by atoms with Gasteiger partial charge in [0.25, 0.3) is 5.91 Å². The summed E-state index contributed by atoms with van der Waals surface area (Å²) in [6.45, 7) is 3.38. The summed E-state index contributed by atoms with van der Waals surface area (Å²) in [5.74, 6) is -0.376. The highest BCUT2D eigenvalue weighted by Crippen LogP contribution is 2.20. The lowest BCUT2D eigenvalue weighted by Crippen LogP contribution is -2.32. The molecule has 0 spiro atoms. The SMILES string of the molecule is CC(=O)c1cnc(NC(=O)c2ccn(C3CCCNC3)n2)s1.Cl. The van der Waals surface area contributed by atoms with E-state index < -0.39 is 0 Å². The van der Waals surface area contributed by atoms with Gasteiger partial charge in [0.15, 0.2) is 16.6 Å². The van der Waals surface area contributed by atoms with Gasteiger partial charge in [-0.2, -0.15) is 5.10 Å². The van der Waals surface area contributed by atoms with Crippen molar-refractivity contribution in [3.63, 3.8) is 0 Å². The highest BCUT2D eigenvalue weighted by Gasteiger charge is 2.18. The fraction of sp³-hybridized carbons (Fsp3) is 0.429. The minimum atomic E-state index is -0.313. The highest BCUT2D eigenvalue weighted by atomic mass is 35.5. The minimum absolute atomic E-state index is 0. The molecule has 2 aromatic heterocycles. The molecule has 1 saturated heterocycles. The van der Waals surface area contributed by atoms with Crippen LogP contribution in [0.5, 0.6) is 0 Å². The first kappa shape index (κ1) is 17.6. The molecule has 1 aliphatic heterocycles. The van der Waals surface area contributed by atoms with Crippen molar-refractivity contribution in [3.05, 3.63) is 29.0 Å². The third-order valence-electron chi connectivity index (χ3n) is 3.56. The third kappa shape index (κ3) is 4.15. The number of hydrogen-bond donors (Lipinski definition) is 2. The van der Waals surface area contributed by atoms with Crippen molar-refractivity contribution in [3.8, 4) is 0 Å². The van der Waals surface area contributed by atoms with Crippen LogP contribution in [0.3, 0.4) is 0 Å². The number of aromatic nitrogens is 3. The van der Waals surface area contributed by atoms with Gasteiger partial charge in [0.05, 0.1) is 17.1 Å². The maximum Gasteiger partial charge on any atom is 0.277 e. The predicted octanol–water partition coefficient (Wildman–Crippen LogP) is 2.14. The Morgan fingerprint density at radius 1 is 1.48 bits per heavy atom. The van der Waals surface area contributed by atoms with Gasteiger partial charge in [-0.25, -0.2) is 4.98 Å². The number of nitrogens with one attached hydrogen (secondary N) is 2. The van der Waals surface area contributed by atoms with E-state index in [-0.39, 0.29) is 24.1 Å². The fourth-order valence-electron chi connectivity index (χ4n) is 2.38. The maximum atomic E-state index is 12.2. The second-order valence-electron chi connectivity index (χ2n) is 5.22. The van der Waals surface area contributed by atoms with Gasteiger partial charge in [-0.05, 0) is 25.5 Å². The molecule has 23 heavy (non-hydrogen) atoms. The van der Waals surface area contributed by atoms with Gasteiger partial charge in [0.1, 0.15) is 0 Å². The summed E-state index contributed by atoms with van der Waals surface area (Å²) in [4.78, 5) is 27.9. The van der Waals surface area contributed by atoms with Gasteiger partial charge in [0.2, 0.25) is 0 Å². The molecule has 0 saturated carbocycles. The Kier molecular flexibility index (Phi) is 5.86. The molecular weight excluding hydrogens is 338 g/mol. The van der Waals surface area contributed by atoms with Gasteiger partial charge in [-0.15, -0.1) is 12.4 Å². The zero-order valence-electron chi connectivity index (χ0n) is 12.6. The van der Waals surface area contributed by atoms with Gasteiger partial charge < -0.3 is 5.32 Å².